The predicted octanol–water partition coefficient (Wildman–Crippen LogP) is 3.00. The number of amides is 1. The summed E-state index contributed by atoms with van der Waals surface area (Å²) < 4.78 is 33.1. The van der Waals surface area contributed by atoms with Gasteiger partial charge in [-0.15, -0.1) is 0 Å². The SMILES string of the molecule is C=CC(=O)N1CCCC(Nc2ncc3c(n2)N2CCN=C2C(Oc2ccc(F)cc2F)=C3)C1. The van der Waals surface area contributed by atoms with Crippen LogP contribution < -0.4 is 15.0 Å². The molecular formula is C23H22F2N6O2. The Morgan fingerprint density at radius 3 is 3.00 bits per heavy atom. The maximum Gasteiger partial charge on any atom is 0.246 e. The number of rotatable bonds is 5. The lowest BCUT2D eigenvalue weighted by atomic mass is 10.1. The highest BCUT2D eigenvalue weighted by Crippen LogP contribution is 2.33. The van der Waals surface area contributed by atoms with E-state index in [0.29, 0.717) is 55.1 Å². The van der Waals surface area contributed by atoms with E-state index in [2.05, 4.69) is 26.9 Å². The van der Waals surface area contributed by atoms with Crippen LogP contribution in [0.4, 0.5) is 20.5 Å². The van der Waals surface area contributed by atoms with E-state index >= 15 is 0 Å². The Labute approximate surface area is 189 Å². The Morgan fingerprint density at radius 2 is 2.18 bits per heavy atom. The molecule has 33 heavy (non-hydrogen) atoms. The fourth-order valence-corrected chi connectivity index (χ4v) is 4.20. The number of hydrogen-bond donors (Lipinski definition) is 1. The molecule has 3 aliphatic rings. The lowest BCUT2D eigenvalue weighted by molar-refractivity contribution is -0.127. The van der Waals surface area contributed by atoms with Gasteiger partial charge in [0, 0.05) is 43.5 Å². The molecule has 1 N–H and O–H groups in total. The summed E-state index contributed by atoms with van der Waals surface area (Å²) in [4.78, 5) is 29.2. The van der Waals surface area contributed by atoms with Crippen molar-refractivity contribution >= 4 is 29.6 Å². The van der Waals surface area contributed by atoms with Crippen molar-refractivity contribution in [2.45, 2.75) is 18.9 Å². The smallest absolute Gasteiger partial charge is 0.246 e. The highest BCUT2D eigenvalue weighted by molar-refractivity contribution is 6.15. The molecule has 4 heterocycles. The number of amidine groups is 1. The van der Waals surface area contributed by atoms with E-state index in [-0.39, 0.29) is 17.7 Å². The van der Waals surface area contributed by atoms with Crippen LogP contribution in [0.5, 0.6) is 5.75 Å². The minimum absolute atomic E-state index is 0.0342. The second kappa shape index (κ2) is 8.61. The van der Waals surface area contributed by atoms with E-state index in [1.807, 2.05) is 4.90 Å². The molecule has 0 spiro atoms. The number of benzene rings is 1. The molecule has 1 aromatic heterocycles. The largest absolute Gasteiger partial charge is 0.450 e. The quantitative estimate of drug-likeness (QED) is 0.703. The Balaban J connectivity index is 1.38. The molecule has 1 amide bonds. The number of hydrogen-bond acceptors (Lipinski definition) is 7. The standard InChI is InChI=1S/C23H22F2N6O2/c1-2-20(32)30-8-3-4-16(13-30)28-23-27-12-14-10-19(22-26-7-9-31(22)21(14)29-23)33-18-6-5-15(24)11-17(18)25/h2,5-6,10-12,16H,1,3-4,7-9,13H2,(H,27,28,29). The van der Waals surface area contributed by atoms with Gasteiger partial charge >= 0.3 is 0 Å². The topological polar surface area (TPSA) is 83.0 Å². The van der Waals surface area contributed by atoms with Crippen molar-refractivity contribution in [1.29, 1.82) is 0 Å². The first kappa shape index (κ1) is 21.0. The number of fused-ring (bicyclic) bond motifs is 3. The number of nitrogens with one attached hydrogen (secondary N) is 1. The molecule has 0 saturated carbocycles. The van der Waals surface area contributed by atoms with Gasteiger partial charge < -0.3 is 19.9 Å². The van der Waals surface area contributed by atoms with Crippen molar-refractivity contribution in [1.82, 2.24) is 14.9 Å². The van der Waals surface area contributed by atoms with Gasteiger partial charge in [-0.25, -0.2) is 13.8 Å². The molecule has 1 unspecified atom stereocenters. The number of anilines is 2. The Hall–Kier alpha value is -3.82. The van der Waals surface area contributed by atoms with E-state index in [4.69, 9.17) is 4.74 Å². The van der Waals surface area contributed by atoms with Crippen LogP contribution in [0.2, 0.25) is 0 Å². The van der Waals surface area contributed by atoms with E-state index in [0.717, 1.165) is 25.0 Å². The molecule has 0 bridgehead atoms. The van der Waals surface area contributed by atoms with Crippen molar-refractivity contribution in [2.24, 2.45) is 4.99 Å². The summed E-state index contributed by atoms with van der Waals surface area (Å²) in [6, 6.07) is 3.19. The van der Waals surface area contributed by atoms with Crippen molar-refractivity contribution in [3.05, 3.63) is 60.0 Å². The van der Waals surface area contributed by atoms with Crippen molar-refractivity contribution < 1.29 is 18.3 Å². The average Bonchev–Trinajstić information content (AvgIpc) is 3.31. The number of carbonyl (C=O) groups excluding carboxylic acids is 1. The number of halogens is 2. The van der Waals surface area contributed by atoms with Gasteiger partial charge in [-0.1, -0.05) is 6.58 Å². The minimum atomic E-state index is -0.792. The molecule has 0 aliphatic carbocycles. The maximum absolute atomic E-state index is 14.1. The summed E-state index contributed by atoms with van der Waals surface area (Å²) in [5.41, 5.74) is 0.700. The molecule has 1 fully saturated rings. The normalized spacial score (nSPS) is 19.3. The number of aliphatic imine (C=N–C) groups is 1. The van der Waals surface area contributed by atoms with Gasteiger partial charge in [-0.2, -0.15) is 4.98 Å². The summed E-state index contributed by atoms with van der Waals surface area (Å²) >= 11 is 0. The molecule has 5 rings (SSSR count). The molecule has 170 valence electrons. The number of piperidine rings is 1. The van der Waals surface area contributed by atoms with E-state index in [9.17, 15) is 13.6 Å². The summed E-state index contributed by atoms with van der Waals surface area (Å²) in [7, 11) is 0. The predicted molar refractivity (Wildman–Crippen MR) is 120 cm³/mol. The third-order valence-electron chi connectivity index (χ3n) is 5.75. The molecule has 1 aromatic carbocycles. The minimum Gasteiger partial charge on any atom is -0.450 e. The summed E-state index contributed by atoms with van der Waals surface area (Å²) in [5, 5.41) is 3.33. The maximum atomic E-state index is 14.1. The van der Waals surface area contributed by atoms with Gasteiger partial charge in [-0.3, -0.25) is 9.79 Å². The second-order valence-corrected chi connectivity index (χ2v) is 7.99. The zero-order valence-corrected chi connectivity index (χ0v) is 17.8. The van der Waals surface area contributed by atoms with E-state index < -0.39 is 11.6 Å². The number of ether oxygens (including phenoxy) is 1. The molecule has 3 aliphatic heterocycles. The molecule has 1 saturated heterocycles. The van der Waals surface area contributed by atoms with Gasteiger partial charge in [0.05, 0.1) is 6.54 Å². The lowest BCUT2D eigenvalue weighted by Crippen LogP contribution is -2.44. The van der Waals surface area contributed by atoms with Crippen LogP contribution in [-0.4, -0.2) is 58.8 Å². The fourth-order valence-electron chi connectivity index (χ4n) is 4.20. The van der Waals surface area contributed by atoms with Crippen LogP contribution in [0.1, 0.15) is 18.4 Å². The van der Waals surface area contributed by atoms with Crippen LogP contribution in [0.15, 0.2) is 47.8 Å². The fraction of sp³-hybridized carbons (Fsp3) is 0.304. The number of nitrogens with zero attached hydrogens (tertiary/aromatic N) is 5. The summed E-state index contributed by atoms with van der Waals surface area (Å²) in [6.07, 6.45) is 6.48. The van der Waals surface area contributed by atoms with E-state index in [1.54, 1.807) is 17.2 Å². The molecule has 1 atom stereocenters. The highest BCUT2D eigenvalue weighted by Gasteiger charge is 2.32. The third kappa shape index (κ3) is 4.15. The van der Waals surface area contributed by atoms with Gasteiger partial charge in [0.1, 0.15) is 11.6 Å². The first-order chi connectivity index (χ1) is 16.0. The zero-order chi connectivity index (χ0) is 22.9. The number of carbonyl (C=O) groups is 1. The van der Waals surface area contributed by atoms with Crippen LogP contribution in [0.3, 0.4) is 0 Å². The van der Waals surface area contributed by atoms with E-state index in [1.165, 1.54) is 12.1 Å². The monoisotopic (exact) mass is 452 g/mol. The average molecular weight is 452 g/mol. The first-order valence-electron chi connectivity index (χ1n) is 10.7. The third-order valence-corrected chi connectivity index (χ3v) is 5.75. The van der Waals surface area contributed by atoms with Crippen LogP contribution in [-0.2, 0) is 4.79 Å². The second-order valence-electron chi connectivity index (χ2n) is 7.99. The van der Waals surface area contributed by atoms with Gasteiger partial charge in [0.25, 0.3) is 0 Å². The van der Waals surface area contributed by atoms with Gasteiger partial charge in [0.15, 0.2) is 23.2 Å². The molecule has 2 aromatic rings. The van der Waals surface area contributed by atoms with Crippen molar-refractivity contribution in [2.75, 3.05) is 36.4 Å². The molecule has 0 radical (unpaired) electrons. The van der Waals surface area contributed by atoms with Crippen molar-refractivity contribution in [3.63, 3.8) is 0 Å². The Bertz CT molecular complexity index is 1180. The van der Waals surface area contributed by atoms with Crippen LogP contribution in [0.25, 0.3) is 6.08 Å². The Morgan fingerprint density at radius 1 is 1.30 bits per heavy atom. The number of aromatic nitrogens is 2. The first-order valence-corrected chi connectivity index (χ1v) is 10.7. The summed E-state index contributed by atoms with van der Waals surface area (Å²) in [6.45, 7) is 5.96. The zero-order valence-electron chi connectivity index (χ0n) is 17.8. The number of likely N-dealkylation sites (tertiary alicyclic amines) is 1. The Kier molecular flexibility index (Phi) is 5.49. The van der Waals surface area contributed by atoms with Crippen LogP contribution >= 0.6 is 0 Å². The van der Waals surface area contributed by atoms with Crippen molar-refractivity contribution in [3.8, 4) is 5.75 Å². The molecule has 10 heteroatoms. The van der Waals surface area contributed by atoms with Gasteiger partial charge in [-0.05, 0) is 37.1 Å². The molecule has 8 nitrogen and oxygen atoms in total. The van der Waals surface area contributed by atoms with Crippen LogP contribution in [0, 0.1) is 11.6 Å². The lowest BCUT2D eigenvalue weighted by Gasteiger charge is -2.33. The highest BCUT2D eigenvalue weighted by atomic mass is 19.1. The molecular weight excluding hydrogens is 430 g/mol. The summed E-state index contributed by atoms with van der Waals surface area (Å²) in [5.74, 6) is 0.379. The van der Waals surface area contributed by atoms with Gasteiger partial charge in [0.2, 0.25) is 11.9 Å².